The van der Waals surface area contributed by atoms with Crippen molar-refractivity contribution >= 4 is 35.1 Å². The van der Waals surface area contributed by atoms with E-state index in [1.165, 1.54) is 6.92 Å². The molecule has 1 aliphatic rings. The van der Waals surface area contributed by atoms with Crippen LogP contribution in [0.2, 0.25) is 0 Å². The van der Waals surface area contributed by atoms with Crippen molar-refractivity contribution in [3.05, 3.63) is 36.0 Å². The number of benzene rings is 1. The maximum atomic E-state index is 11.9. The summed E-state index contributed by atoms with van der Waals surface area (Å²) in [6.45, 7) is 8.01. The van der Waals surface area contributed by atoms with Crippen LogP contribution in [-0.4, -0.2) is 59.7 Å². The summed E-state index contributed by atoms with van der Waals surface area (Å²) in [6, 6.07) is 9.28. The molecular weight excluding hydrogens is 372 g/mol. The molecule has 1 aromatic heterocycles. The van der Waals surface area contributed by atoms with Crippen molar-refractivity contribution in [1.82, 2.24) is 14.9 Å². The lowest BCUT2D eigenvalue weighted by molar-refractivity contribution is -0.114. The van der Waals surface area contributed by atoms with Crippen LogP contribution in [-0.2, 0) is 9.53 Å². The van der Waals surface area contributed by atoms with Crippen molar-refractivity contribution < 1.29 is 14.3 Å². The van der Waals surface area contributed by atoms with Gasteiger partial charge in [-0.15, -0.1) is 0 Å². The Morgan fingerprint density at radius 2 is 1.72 bits per heavy atom. The monoisotopic (exact) mass is 398 g/mol. The SMILES string of the molecule is CCOC(=O)N1CCN(c2nc(C)cc(Nc3ccc(NC(C)=O)cc3)n2)CC1. The number of piperazine rings is 1. The lowest BCUT2D eigenvalue weighted by atomic mass is 10.2. The predicted molar refractivity (Wildman–Crippen MR) is 112 cm³/mol. The maximum absolute atomic E-state index is 11.9. The van der Waals surface area contributed by atoms with Gasteiger partial charge in [0.2, 0.25) is 11.9 Å². The van der Waals surface area contributed by atoms with Crippen LogP contribution >= 0.6 is 0 Å². The van der Waals surface area contributed by atoms with Crippen LogP contribution in [0.1, 0.15) is 19.5 Å². The standard InChI is InChI=1S/C20H26N6O3/c1-4-29-20(28)26-11-9-25(10-12-26)19-21-14(2)13-18(24-19)23-17-7-5-16(6-8-17)22-15(3)27/h5-8,13H,4,9-12H2,1-3H3,(H,22,27)(H,21,23,24). The molecule has 0 saturated carbocycles. The molecule has 2 N–H and O–H groups in total. The van der Waals surface area contributed by atoms with Crippen LogP contribution in [0.15, 0.2) is 30.3 Å². The van der Waals surface area contributed by atoms with E-state index in [0.717, 1.165) is 17.1 Å². The number of ether oxygens (including phenoxy) is 1. The minimum atomic E-state index is -0.276. The Hall–Kier alpha value is -3.36. The summed E-state index contributed by atoms with van der Waals surface area (Å²) in [5, 5.41) is 6.01. The number of nitrogens with one attached hydrogen (secondary N) is 2. The normalized spacial score (nSPS) is 13.8. The van der Waals surface area contributed by atoms with E-state index < -0.39 is 0 Å². The van der Waals surface area contributed by atoms with E-state index >= 15 is 0 Å². The van der Waals surface area contributed by atoms with E-state index in [1.807, 2.05) is 37.3 Å². The zero-order valence-electron chi connectivity index (χ0n) is 16.9. The quantitative estimate of drug-likeness (QED) is 0.799. The van der Waals surface area contributed by atoms with Crippen molar-refractivity contribution in [2.24, 2.45) is 0 Å². The molecule has 0 unspecified atom stereocenters. The molecule has 0 radical (unpaired) electrons. The minimum Gasteiger partial charge on any atom is -0.450 e. The van der Waals surface area contributed by atoms with Gasteiger partial charge in [0.05, 0.1) is 6.61 Å². The first-order valence-electron chi connectivity index (χ1n) is 9.61. The summed E-state index contributed by atoms with van der Waals surface area (Å²) < 4.78 is 5.06. The Bertz CT molecular complexity index is 863. The van der Waals surface area contributed by atoms with Gasteiger partial charge in [0.1, 0.15) is 5.82 Å². The average Bonchev–Trinajstić information content (AvgIpc) is 2.69. The second kappa shape index (κ2) is 9.22. The lowest BCUT2D eigenvalue weighted by Crippen LogP contribution is -2.49. The van der Waals surface area contributed by atoms with Gasteiger partial charge in [0, 0.05) is 56.2 Å². The summed E-state index contributed by atoms with van der Waals surface area (Å²) >= 11 is 0. The van der Waals surface area contributed by atoms with Crippen LogP contribution in [0.5, 0.6) is 0 Å². The van der Waals surface area contributed by atoms with Gasteiger partial charge in [0.15, 0.2) is 0 Å². The zero-order chi connectivity index (χ0) is 20.8. The Labute approximate surface area is 170 Å². The summed E-state index contributed by atoms with van der Waals surface area (Å²) in [4.78, 5) is 35.9. The molecular formula is C20H26N6O3. The third kappa shape index (κ3) is 5.56. The van der Waals surface area contributed by atoms with Gasteiger partial charge in [-0.25, -0.2) is 9.78 Å². The first-order valence-corrected chi connectivity index (χ1v) is 9.61. The van der Waals surface area contributed by atoms with Crippen molar-refractivity contribution in [2.45, 2.75) is 20.8 Å². The first-order chi connectivity index (χ1) is 13.9. The highest BCUT2D eigenvalue weighted by atomic mass is 16.6. The van der Waals surface area contributed by atoms with Crippen LogP contribution < -0.4 is 15.5 Å². The van der Waals surface area contributed by atoms with Crippen molar-refractivity contribution in [3.63, 3.8) is 0 Å². The molecule has 1 fully saturated rings. The second-order valence-corrected chi connectivity index (χ2v) is 6.75. The van der Waals surface area contributed by atoms with E-state index in [9.17, 15) is 9.59 Å². The summed E-state index contributed by atoms with van der Waals surface area (Å²) in [6.07, 6.45) is -0.276. The number of aryl methyl sites for hydroxylation is 1. The molecule has 1 aromatic carbocycles. The molecule has 9 heteroatoms. The number of nitrogens with zero attached hydrogens (tertiary/aromatic N) is 4. The van der Waals surface area contributed by atoms with Gasteiger partial charge >= 0.3 is 6.09 Å². The number of carbonyl (C=O) groups excluding carboxylic acids is 2. The molecule has 0 atom stereocenters. The lowest BCUT2D eigenvalue weighted by Gasteiger charge is -2.34. The fourth-order valence-electron chi connectivity index (χ4n) is 3.05. The van der Waals surface area contributed by atoms with Gasteiger partial charge in [-0.3, -0.25) is 4.79 Å². The molecule has 2 aromatic rings. The van der Waals surface area contributed by atoms with E-state index in [2.05, 4.69) is 25.5 Å². The van der Waals surface area contributed by atoms with E-state index in [1.54, 1.807) is 11.8 Å². The van der Waals surface area contributed by atoms with Crippen LogP contribution in [0.4, 0.5) is 27.9 Å². The molecule has 0 spiro atoms. The zero-order valence-corrected chi connectivity index (χ0v) is 16.9. The number of rotatable bonds is 5. The summed E-state index contributed by atoms with van der Waals surface area (Å²) in [7, 11) is 0. The molecule has 0 aliphatic carbocycles. The molecule has 29 heavy (non-hydrogen) atoms. The fraction of sp³-hybridized carbons (Fsp3) is 0.400. The third-order valence-corrected chi connectivity index (χ3v) is 4.41. The molecule has 0 bridgehead atoms. The highest BCUT2D eigenvalue weighted by Crippen LogP contribution is 2.21. The second-order valence-electron chi connectivity index (χ2n) is 6.75. The number of hydrogen-bond acceptors (Lipinski definition) is 7. The van der Waals surface area contributed by atoms with Gasteiger partial charge in [-0.2, -0.15) is 4.98 Å². The van der Waals surface area contributed by atoms with Crippen molar-refractivity contribution in [2.75, 3.05) is 48.3 Å². The molecule has 2 heterocycles. The van der Waals surface area contributed by atoms with Crippen LogP contribution in [0, 0.1) is 6.92 Å². The Morgan fingerprint density at radius 3 is 2.34 bits per heavy atom. The molecule has 154 valence electrons. The number of hydrogen-bond donors (Lipinski definition) is 2. The minimum absolute atomic E-state index is 0.107. The molecule has 2 amide bonds. The molecule has 9 nitrogen and oxygen atoms in total. The van der Waals surface area contributed by atoms with Crippen LogP contribution in [0.25, 0.3) is 0 Å². The molecule has 1 saturated heterocycles. The van der Waals surface area contributed by atoms with Crippen LogP contribution in [0.3, 0.4) is 0 Å². The van der Waals surface area contributed by atoms with E-state index in [0.29, 0.717) is 44.6 Å². The number of aromatic nitrogens is 2. The molecule has 1 aliphatic heterocycles. The van der Waals surface area contributed by atoms with E-state index in [-0.39, 0.29) is 12.0 Å². The predicted octanol–water partition coefficient (Wildman–Crippen LogP) is 2.77. The summed E-state index contributed by atoms with van der Waals surface area (Å²) in [5.74, 6) is 1.21. The van der Waals surface area contributed by atoms with Crippen molar-refractivity contribution in [1.29, 1.82) is 0 Å². The number of amides is 2. The first kappa shape index (κ1) is 20.4. The molecule has 3 rings (SSSR count). The van der Waals surface area contributed by atoms with E-state index in [4.69, 9.17) is 4.74 Å². The Balaban J connectivity index is 1.66. The number of anilines is 4. The highest BCUT2D eigenvalue weighted by Gasteiger charge is 2.23. The maximum Gasteiger partial charge on any atom is 0.409 e. The third-order valence-electron chi connectivity index (χ3n) is 4.41. The topological polar surface area (TPSA) is 99.7 Å². The summed E-state index contributed by atoms with van der Waals surface area (Å²) in [5.41, 5.74) is 2.44. The highest BCUT2D eigenvalue weighted by molar-refractivity contribution is 5.88. The van der Waals surface area contributed by atoms with Gasteiger partial charge in [0.25, 0.3) is 0 Å². The fourth-order valence-corrected chi connectivity index (χ4v) is 3.05. The van der Waals surface area contributed by atoms with Gasteiger partial charge in [-0.1, -0.05) is 0 Å². The average molecular weight is 398 g/mol. The Morgan fingerprint density at radius 1 is 1.07 bits per heavy atom. The Kier molecular flexibility index (Phi) is 6.48. The largest absolute Gasteiger partial charge is 0.450 e. The number of carbonyl (C=O) groups is 2. The van der Waals surface area contributed by atoms with Gasteiger partial charge < -0.3 is 25.2 Å². The smallest absolute Gasteiger partial charge is 0.409 e. The van der Waals surface area contributed by atoms with Gasteiger partial charge in [-0.05, 0) is 38.1 Å². The van der Waals surface area contributed by atoms with Crippen molar-refractivity contribution in [3.8, 4) is 0 Å².